The molecule has 0 spiro atoms. The van der Waals surface area contributed by atoms with E-state index in [1.54, 1.807) is 12.1 Å². The van der Waals surface area contributed by atoms with Crippen molar-refractivity contribution in [1.29, 1.82) is 0 Å². The summed E-state index contributed by atoms with van der Waals surface area (Å²) in [5.41, 5.74) is 5.77. The maximum Gasteiger partial charge on any atom is 0.396 e. The lowest BCUT2D eigenvalue weighted by Crippen LogP contribution is -2.13. The van der Waals surface area contributed by atoms with Crippen LogP contribution in [0.15, 0.2) is 42.7 Å². The fourth-order valence-electron chi connectivity index (χ4n) is 2.48. The van der Waals surface area contributed by atoms with Gasteiger partial charge in [-0.3, -0.25) is 9.78 Å². The molecule has 8 heteroatoms. The lowest BCUT2D eigenvalue weighted by Gasteiger charge is -2.14. The zero-order valence-electron chi connectivity index (χ0n) is 12.5. The summed E-state index contributed by atoms with van der Waals surface area (Å²) in [6, 6.07) is 7.16. The molecule has 127 valence electrons. The number of pyridine rings is 2. The van der Waals surface area contributed by atoms with Gasteiger partial charge in [0.25, 0.3) is 0 Å². The highest BCUT2D eigenvalue weighted by molar-refractivity contribution is 6.35. The number of aromatic nitrogens is 2. The van der Waals surface area contributed by atoms with Crippen molar-refractivity contribution < 1.29 is 18.0 Å². The summed E-state index contributed by atoms with van der Waals surface area (Å²) in [6.07, 6.45) is -1.56. The molecule has 0 aliphatic carbocycles. The van der Waals surface area contributed by atoms with Gasteiger partial charge in [-0.2, -0.15) is 13.2 Å². The van der Waals surface area contributed by atoms with Gasteiger partial charge >= 0.3 is 6.18 Å². The minimum absolute atomic E-state index is 0.0430. The molecule has 1 amide bonds. The first kappa shape index (κ1) is 17.2. The molecule has 0 aliphatic rings. The molecule has 0 saturated heterocycles. The summed E-state index contributed by atoms with van der Waals surface area (Å²) < 4.78 is 38.9. The Morgan fingerprint density at radius 2 is 2.00 bits per heavy atom. The molecule has 1 aromatic carbocycles. The van der Waals surface area contributed by atoms with E-state index in [1.807, 2.05) is 0 Å². The molecule has 0 saturated carbocycles. The number of nitrogens with two attached hydrogens (primary N) is 1. The molecule has 25 heavy (non-hydrogen) atoms. The first-order chi connectivity index (χ1) is 11.8. The highest BCUT2D eigenvalue weighted by Crippen LogP contribution is 2.35. The van der Waals surface area contributed by atoms with Gasteiger partial charge in [0.15, 0.2) is 0 Å². The SMILES string of the molecule is NC(=O)c1ccc(Cl)c2nc(-c3cccnc3)c([CH]C(F)(F)F)cc12. The smallest absolute Gasteiger partial charge is 0.366 e. The second-order valence-electron chi connectivity index (χ2n) is 5.21. The van der Waals surface area contributed by atoms with Gasteiger partial charge in [0.2, 0.25) is 5.91 Å². The minimum atomic E-state index is -4.57. The number of nitrogens with zero attached hydrogens (tertiary/aromatic N) is 2. The fourth-order valence-corrected chi connectivity index (χ4v) is 2.68. The van der Waals surface area contributed by atoms with Crippen LogP contribution < -0.4 is 5.73 Å². The molecule has 4 nitrogen and oxygen atoms in total. The number of rotatable bonds is 3. The summed E-state index contributed by atoms with van der Waals surface area (Å²) in [5, 5.41) is 0.354. The third-order valence-electron chi connectivity index (χ3n) is 3.48. The molecule has 3 rings (SSSR count). The maximum absolute atomic E-state index is 13.0. The Kier molecular flexibility index (Phi) is 4.34. The van der Waals surface area contributed by atoms with Crippen LogP contribution in [0, 0.1) is 6.42 Å². The molecular formula is C17H10ClF3N3O. The van der Waals surface area contributed by atoms with Crippen molar-refractivity contribution in [2.45, 2.75) is 6.18 Å². The van der Waals surface area contributed by atoms with Gasteiger partial charge in [-0.25, -0.2) is 4.98 Å². The predicted octanol–water partition coefficient (Wildman–Crippen LogP) is 4.16. The van der Waals surface area contributed by atoms with Gasteiger partial charge in [-0.15, -0.1) is 0 Å². The van der Waals surface area contributed by atoms with Crippen molar-refractivity contribution in [2.75, 3.05) is 0 Å². The fraction of sp³-hybridized carbons (Fsp3) is 0.0588. The summed E-state index contributed by atoms with van der Waals surface area (Å²) in [7, 11) is 0. The van der Waals surface area contributed by atoms with E-state index in [0.717, 1.165) is 0 Å². The lowest BCUT2D eigenvalue weighted by atomic mass is 9.99. The number of benzene rings is 1. The van der Waals surface area contributed by atoms with Crippen molar-refractivity contribution in [3.8, 4) is 11.3 Å². The zero-order valence-corrected chi connectivity index (χ0v) is 13.3. The van der Waals surface area contributed by atoms with Crippen LogP contribution in [0.5, 0.6) is 0 Å². The number of carbonyl (C=O) groups is 1. The van der Waals surface area contributed by atoms with Crippen molar-refractivity contribution >= 4 is 28.4 Å². The van der Waals surface area contributed by atoms with Crippen molar-refractivity contribution in [2.24, 2.45) is 5.73 Å². The predicted molar refractivity (Wildman–Crippen MR) is 88.0 cm³/mol. The van der Waals surface area contributed by atoms with Gasteiger partial charge in [-0.05, 0) is 35.9 Å². The molecule has 0 bridgehead atoms. The molecule has 3 aromatic rings. The average molecular weight is 365 g/mol. The Morgan fingerprint density at radius 1 is 1.24 bits per heavy atom. The normalized spacial score (nSPS) is 11.7. The van der Waals surface area contributed by atoms with Gasteiger partial charge in [0.1, 0.15) is 0 Å². The van der Waals surface area contributed by atoms with Crippen LogP contribution in [0.4, 0.5) is 13.2 Å². The van der Waals surface area contributed by atoms with E-state index in [2.05, 4.69) is 9.97 Å². The summed E-state index contributed by atoms with van der Waals surface area (Å²) >= 11 is 6.12. The second-order valence-corrected chi connectivity index (χ2v) is 5.62. The highest BCUT2D eigenvalue weighted by Gasteiger charge is 2.31. The number of hydrogen-bond acceptors (Lipinski definition) is 3. The van der Waals surface area contributed by atoms with Gasteiger partial charge in [0, 0.05) is 28.9 Å². The Morgan fingerprint density at radius 3 is 2.60 bits per heavy atom. The number of fused-ring (bicyclic) bond motifs is 1. The zero-order chi connectivity index (χ0) is 18.2. The third kappa shape index (κ3) is 3.56. The maximum atomic E-state index is 13.0. The Bertz CT molecular complexity index is 959. The van der Waals surface area contributed by atoms with E-state index < -0.39 is 12.1 Å². The number of hydrogen-bond donors (Lipinski definition) is 1. The monoisotopic (exact) mass is 364 g/mol. The second kappa shape index (κ2) is 6.33. The molecule has 2 heterocycles. The van der Waals surface area contributed by atoms with Crippen LogP contribution in [-0.4, -0.2) is 22.1 Å². The molecule has 0 atom stereocenters. The number of alkyl halides is 3. The number of amides is 1. The Labute approximate surface area is 145 Å². The van der Waals surface area contributed by atoms with Crippen molar-refractivity contribution in [3.05, 3.63) is 65.3 Å². The van der Waals surface area contributed by atoms with Gasteiger partial charge < -0.3 is 5.73 Å². The van der Waals surface area contributed by atoms with Gasteiger partial charge in [-0.1, -0.05) is 11.6 Å². The standard InChI is InChI=1S/C17H10ClF3N3O/c18-13-4-3-11(16(22)25)12-6-10(7-17(19,20)21)14(24-15(12)13)9-2-1-5-23-8-9/h1-8H,(H2,22,25). The largest absolute Gasteiger partial charge is 0.396 e. The third-order valence-corrected chi connectivity index (χ3v) is 3.79. The molecule has 0 aliphatic heterocycles. The number of halogens is 4. The molecular weight excluding hydrogens is 355 g/mol. The van der Waals surface area contributed by atoms with Crippen LogP contribution in [-0.2, 0) is 0 Å². The topological polar surface area (TPSA) is 68.9 Å². The molecule has 2 aromatic heterocycles. The van der Waals surface area contributed by atoms with E-state index in [0.29, 0.717) is 5.56 Å². The molecule has 2 N–H and O–H groups in total. The van der Waals surface area contributed by atoms with Crippen LogP contribution in [0.2, 0.25) is 5.02 Å². The Balaban J connectivity index is 2.35. The molecule has 0 unspecified atom stereocenters. The summed E-state index contributed by atoms with van der Waals surface area (Å²) in [4.78, 5) is 19.8. The van der Waals surface area contributed by atoms with Crippen molar-refractivity contribution in [1.82, 2.24) is 9.97 Å². The van der Waals surface area contributed by atoms with E-state index >= 15 is 0 Å². The van der Waals surface area contributed by atoms with E-state index in [-0.39, 0.29) is 39.2 Å². The van der Waals surface area contributed by atoms with E-state index in [9.17, 15) is 18.0 Å². The molecule has 0 fully saturated rings. The van der Waals surface area contributed by atoms with Crippen LogP contribution in [0.25, 0.3) is 22.2 Å². The van der Waals surface area contributed by atoms with Gasteiger partial charge in [0.05, 0.1) is 22.7 Å². The molecule has 1 radical (unpaired) electrons. The summed E-state index contributed by atoms with van der Waals surface area (Å²) in [6.45, 7) is 0. The van der Waals surface area contributed by atoms with Crippen LogP contribution in [0.3, 0.4) is 0 Å². The quantitative estimate of drug-likeness (QED) is 0.758. The van der Waals surface area contributed by atoms with E-state index in [4.69, 9.17) is 17.3 Å². The summed E-state index contributed by atoms with van der Waals surface area (Å²) in [5.74, 6) is -0.782. The minimum Gasteiger partial charge on any atom is -0.366 e. The van der Waals surface area contributed by atoms with Crippen LogP contribution in [0.1, 0.15) is 15.9 Å². The average Bonchev–Trinajstić information content (AvgIpc) is 2.54. The number of carbonyl (C=O) groups excluding carboxylic acids is 1. The van der Waals surface area contributed by atoms with E-state index in [1.165, 1.54) is 30.6 Å². The first-order valence-electron chi connectivity index (χ1n) is 7.02. The first-order valence-corrected chi connectivity index (χ1v) is 7.40. The lowest BCUT2D eigenvalue weighted by molar-refractivity contribution is -0.0927. The van der Waals surface area contributed by atoms with Crippen LogP contribution >= 0.6 is 11.6 Å². The number of primary amides is 1. The highest BCUT2D eigenvalue weighted by atomic mass is 35.5. The Hall–Kier alpha value is -2.67. The van der Waals surface area contributed by atoms with Crippen molar-refractivity contribution in [3.63, 3.8) is 0 Å².